The lowest BCUT2D eigenvalue weighted by atomic mass is 9.92. The molecule has 2 aromatic heterocycles. The van der Waals surface area contributed by atoms with Crippen molar-refractivity contribution in [3.63, 3.8) is 0 Å². The van der Waals surface area contributed by atoms with Crippen LogP contribution in [0.3, 0.4) is 0 Å². The average Bonchev–Trinajstić information content (AvgIpc) is 2.93. The van der Waals surface area contributed by atoms with Crippen molar-refractivity contribution in [2.45, 2.75) is 38.6 Å². The fourth-order valence-electron chi connectivity index (χ4n) is 3.15. The van der Waals surface area contributed by atoms with Crippen LogP contribution in [0.25, 0.3) is 11.4 Å². The Labute approximate surface area is 126 Å². The van der Waals surface area contributed by atoms with E-state index in [0.29, 0.717) is 12.0 Å². The van der Waals surface area contributed by atoms with Crippen LogP contribution < -0.4 is 0 Å². The van der Waals surface area contributed by atoms with E-state index < -0.39 is 0 Å². The summed E-state index contributed by atoms with van der Waals surface area (Å²) < 4.78 is 1.87. The van der Waals surface area contributed by atoms with Gasteiger partial charge in [0.1, 0.15) is 5.69 Å². The van der Waals surface area contributed by atoms with E-state index in [2.05, 4.69) is 33.8 Å². The lowest BCUT2D eigenvalue weighted by molar-refractivity contribution is 0.166. The summed E-state index contributed by atoms with van der Waals surface area (Å²) in [6, 6.07) is 2.60. The van der Waals surface area contributed by atoms with Gasteiger partial charge in [0.2, 0.25) is 0 Å². The fourth-order valence-corrected chi connectivity index (χ4v) is 3.15. The molecule has 0 saturated carbocycles. The molecule has 21 heavy (non-hydrogen) atoms. The molecule has 0 unspecified atom stereocenters. The second-order valence-electron chi connectivity index (χ2n) is 6.06. The van der Waals surface area contributed by atoms with Gasteiger partial charge in [-0.05, 0) is 39.3 Å². The number of likely N-dealkylation sites (tertiary alicyclic amines) is 1. The van der Waals surface area contributed by atoms with Crippen molar-refractivity contribution in [3.05, 3.63) is 30.4 Å². The summed E-state index contributed by atoms with van der Waals surface area (Å²) in [6.07, 6.45) is 7.81. The Morgan fingerprint density at radius 3 is 2.71 bits per heavy atom. The van der Waals surface area contributed by atoms with Crippen LogP contribution in [-0.2, 0) is 7.05 Å². The molecule has 0 bridgehead atoms. The van der Waals surface area contributed by atoms with Crippen molar-refractivity contribution in [2.75, 3.05) is 13.1 Å². The molecule has 1 aliphatic heterocycles. The summed E-state index contributed by atoms with van der Waals surface area (Å²) in [5, 5.41) is 4.26. The summed E-state index contributed by atoms with van der Waals surface area (Å²) in [5.74, 6) is 0.458. The first kappa shape index (κ1) is 14.2. The van der Waals surface area contributed by atoms with Crippen molar-refractivity contribution in [1.82, 2.24) is 24.6 Å². The molecule has 5 heteroatoms. The zero-order valence-electron chi connectivity index (χ0n) is 13.0. The molecule has 0 amide bonds. The van der Waals surface area contributed by atoms with Crippen molar-refractivity contribution in [2.24, 2.45) is 7.05 Å². The normalized spacial score (nSPS) is 20.1. The first-order valence-electron chi connectivity index (χ1n) is 7.70. The molecule has 0 spiro atoms. The minimum absolute atomic E-state index is 0.458. The maximum Gasteiger partial charge on any atom is 0.110 e. The minimum atomic E-state index is 0.458. The molecule has 0 aromatic carbocycles. The van der Waals surface area contributed by atoms with Crippen LogP contribution >= 0.6 is 0 Å². The van der Waals surface area contributed by atoms with Gasteiger partial charge in [0.25, 0.3) is 0 Å². The molecule has 1 saturated heterocycles. The molecule has 0 aliphatic carbocycles. The summed E-state index contributed by atoms with van der Waals surface area (Å²) in [6.45, 7) is 6.79. The molecule has 1 atom stereocenters. The van der Waals surface area contributed by atoms with E-state index in [0.717, 1.165) is 23.6 Å². The number of rotatable bonds is 3. The van der Waals surface area contributed by atoms with Crippen LogP contribution in [0.15, 0.2) is 24.7 Å². The van der Waals surface area contributed by atoms with Crippen LogP contribution in [0.5, 0.6) is 0 Å². The molecule has 1 fully saturated rings. The topological polar surface area (TPSA) is 46.8 Å². The lowest BCUT2D eigenvalue weighted by Gasteiger charge is -2.35. The molecule has 0 N–H and O–H groups in total. The summed E-state index contributed by atoms with van der Waals surface area (Å²) in [4.78, 5) is 11.8. The maximum atomic E-state index is 4.66. The van der Waals surface area contributed by atoms with E-state index in [-0.39, 0.29) is 0 Å². The van der Waals surface area contributed by atoms with E-state index >= 15 is 0 Å². The second kappa shape index (κ2) is 5.93. The molecule has 112 valence electrons. The quantitative estimate of drug-likeness (QED) is 0.869. The standard InChI is InChI=1S/C16H23N5/c1-12(2)21-10-4-5-13(11-21)15-16(18-9-8-17-15)14-6-7-19-20(14)3/h6-9,12-13H,4-5,10-11H2,1-3H3/t13-/m1/s1. The minimum Gasteiger partial charge on any atom is -0.300 e. The van der Waals surface area contributed by atoms with Crippen molar-refractivity contribution in [1.29, 1.82) is 0 Å². The van der Waals surface area contributed by atoms with Gasteiger partial charge in [-0.1, -0.05) is 0 Å². The number of hydrogen-bond donors (Lipinski definition) is 0. The Balaban J connectivity index is 1.94. The molecule has 5 nitrogen and oxygen atoms in total. The molecule has 1 aliphatic rings. The third-order valence-corrected chi connectivity index (χ3v) is 4.36. The average molecular weight is 285 g/mol. The van der Waals surface area contributed by atoms with Crippen molar-refractivity contribution < 1.29 is 0 Å². The molecule has 2 aromatic rings. The SMILES string of the molecule is CC(C)N1CCC[C@@H](c2nccnc2-c2ccnn2C)C1. The lowest BCUT2D eigenvalue weighted by Crippen LogP contribution is -2.39. The van der Waals surface area contributed by atoms with Gasteiger partial charge in [0, 0.05) is 44.1 Å². The summed E-state index contributed by atoms with van der Waals surface area (Å²) in [5.41, 5.74) is 3.14. The zero-order chi connectivity index (χ0) is 14.8. The van der Waals surface area contributed by atoms with Gasteiger partial charge in [0.05, 0.1) is 11.4 Å². The van der Waals surface area contributed by atoms with Crippen molar-refractivity contribution >= 4 is 0 Å². The van der Waals surface area contributed by atoms with Gasteiger partial charge < -0.3 is 4.90 Å². The third kappa shape index (κ3) is 2.83. The van der Waals surface area contributed by atoms with Gasteiger partial charge in [-0.2, -0.15) is 5.10 Å². The van der Waals surface area contributed by atoms with Gasteiger partial charge in [-0.3, -0.25) is 14.6 Å². The third-order valence-electron chi connectivity index (χ3n) is 4.36. The highest BCUT2D eigenvalue weighted by Gasteiger charge is 2.27. The Kier molecular flexibility index (Phi) is 4.01. The molecular formula is C16H23N5. The number of nitrogens with zero attached hydrogens (tertiary/aromatic N) is 5. The Hall–Kier alpha value is -1.75. The predicted octanol–water partition coefficient (Wildman–Crippen LogP) is 2.46. The monoisotopic (exact) mass is 285 g/mol. The van der Waals surface area contributed by atoms with Crippen LogP contribution in [0.1, 0.15) is 38.3 Å². The van der Waals surface area contributed by atoms with Crippen LogP contribution in [0.2, 0.25) is 0 Å². The molecule has 0 radical (unpaired) electrons. The Bertz CT molecular complexity index is 604. The number of aromatic nitrogens is 4. The molecule has 3 heterocycles. The highest BCUT2D eigenvalue weighted by Crippen LogP contribution is 2.31. The van der Waals surface area contributed by atoms with Gasteiger partial charge >= 0.3 is 0 Å². The fraction of sp³-hybridized carbons (Fsp3) is 0.562. The number of piperidine rings is 1. The summed E-state index contributed by atoms with van der Waals surface area (Å²) in [7, 11) is 1.95. The Morgan fingerprint density at radius 1 is 1.19 bits per heavy atom. The van der Waals surface area contributed by atoms with E-state index in [1.165, 1.54) is 19.4 Å². The van der Waals surface area contributed by atoms with Gasteiger partial charge in [-0.25, -0.2) is 0 Å². The Morgan fingerprint density at radius 2 is 2.00 bits per heavy atom. The predicted molar refractivity (Wildman–Crippen MR) is 82.9 cm³/mol. The van der Waals surface area contributed by atoms with Crippen LogP contribution in [0, 0.1) is 0 Å². The first-order valence-corrected chi connectivity index (χ1v) is 7.70. The first-order chi connectivity index (χ1) is 10.2. The number of aryl methyl sites for hydroxylation is 1. The van der Waals surface area contributed by atoms with Gasteiger partial charge in [0.15, 0.2) is 0 Å². The van der Waals surface area contributed by atoms with Crippen molar-refractivity contribution in [3.8, 4) is 11.4 Å². The van der Waals surface area contributed by atoms with E-state index in [1.54, 1.807) is 6.20 Å². The second-order valence-corrected chi connectivity index (χ2v) is 6.06. The smallest absolute Gasteiger partial charge is 0.110 e. The van der Waals surface area contributed by atoms with Crippen LogP contribution in [0.4, 0.5) is 0 Å². The highest BCUT2D eigenvalue weighted by molar-refractivity contribution is 5.57. The molecular weight excluding hydrogens is 262 g/mol. The van der Waals surface area contributed by atoms with E-state index in [4.69, 9.17) is 0 Å². The highest BCUT2D eigenvalue weighted by atomic mass is 15.3. The van der Waals surface area contributed by atoms with Gasteiger partial charge in [-0.15, -0.1) is 0 Å². The largest absolute Gasteiger partial charge is 0.300 e. The van der Waals surface area contributed by atoms with E-state index in [1.807, 2.05) is 30.2 Å². The molecule has 3 rings (SSSR count). The summed E-state index contributed by atoms with van der Waals surface area (Å²) >= 11 is 0. The van der Waals surface area contributed by atoms with E-state index in [9.17, 15) is 0 Å². The maximum absolute atomic E-state index is 4.66. The van der Waals surface area contributed by atoms with Crippen LogP contribution in [-0.4, -0.2) is 43.8 Å². The number of hydrogen-bond acceptors (Lipinski definition) is 4. The zero-order valence-corrected chi connectivity index (χ0v) is 13.0.